The van der Waals surface area contributed by atoms with E-state index in [0.29, 0.717) is 34.7 Å². The van der Waals surface area contributed by atoms with Crippen LogP contribution in [0.1, 0.15) is 25.2 Å². The van der Waals surface area contributed by atoms with Crippen LogP contribution >= 0.6 is 22.6 Å². The lowest BCUT2D eigenvalue weighted by molar-refractivity contribution is -0.115. The molecule has 0 aliphatic carbocycles. The second kappa shape index (κ2) is 7.31. The summed E-state index contributed by atoms with van der Waals surface area (Å²) in [6.07, 6.45) is 2.23. The highest BCUT2D eigenvalue weighted by Crippen LogP contribution is 2.19. The number of carbonyl (C=O) groups is 1. The summed E-state index contributed by atoms with van der Waals surface area (Å²) in [5.41, 5.74) is 1.52. The second-order valence-electron chi connectivity index (χ2n) is 6.38. The molecule has 1 aromatic heterocycles. The molecule has 0 bridgehead atoms. The molecule has 2 aromatic carbocycles. The summed E-state index contributed by atoms with van der Waals surface area (Å²) in [6, 6.07) is 15.0. The molecule has 0 saturated heterocycles. The van der Waals surface area contributed by atoms with Crippen LogP contribution in [0.4, 0.5) is 0 Å². The minimum atomic E-state index is -0.343. The van der Waals surface area contributed by atoms with Crippen LogP contribution in [0.3, 0.4) is 0 Å². The number of hydrogen-bond donors (Lipinski definition) is 0. The van der Waals surface area contributed by atoms with E-state index < -0.39 is 0 Å². The van der Waals surface area contributed by atoms with E-state index in [1.54, 1.807) is 19.1 Å². The maximum absolute atomic E-state index is 13.3. The molecule has 140 valence electrons. The maximum atomic E-state index is 13.3. The van der Waals surface area contributed by atoms with Crippen molar-refractivity contribution in [2.24, 2.45) is 4.99 Å². The molecule has 7 heteroatoms. The van der Waals surface area contributed by atoms with E-state index in [-0.39, 0.29) is 11.5 Å². The number of aromatic nitrogens is 2. The molecule has 0 fully saturated rings. The van der Waals surface area contributed by atoms with Crippen LogP contribution < -0.4 is 10.6 Å². The lowest BCUT2D eigenvalue weighted by Gasteiger charge is -2.21. The van der Waals surface area contributed by atoms with Crippen LogP contribution in [-0.2, 0) is 11.2 Å². The third-order valence-electron chi connectivity index (χ3n) is 4.49. The van der Waals surface area contributed by atoms with E-state index in [1.807, 2.05) is 49.4 Å². The number of halogens is 1. The van der Waals surface area contributed by atoms with E-state index in [2.05, 4.69) is 32.6 Å². The number of amidine groups is 1. The number of hydrogen-bond acceptors (Lipinski definition) is 4. The van der Waals surface area contributed by atoms with Gasteiger partial charge in [-0.2, -0.15) is 9.69 Å². The Morgan fingerprint density at radius 3 is 2.57 bits per heavy atom. The Hall–Kier alpha value is -2.81. The Morgan fingerprint density at radius 2 is 1.86 bits per heavy atom. The van der Waals surface area contributed by atoms with E-state index in [9.17, 15) is 9.59 Å². The summed E-state index contributed by atoms with van der Waals surface area (Å²) in [5.74, 6) is 0.614. The van der Waals surface area contributed by atoms with Gasteiger partial charge in [0.15, 0.2) is 0 Å². The Balaban J connectivity index is 1.87. The molecule has 3 aromatic rings. The van der Waals surface area contributed by atoms with Crippen LogP contribution in [0.5, 0.6) is 0 Å². The molecule has 1 amide bonds. The highest BCUT2D eigenvalue weighted by molar-refractivity contribution is 14.1. The summed E-state index contributed by atoms with van der Waals surface area (Å²) >= 11 is 2.16. The van der Waals surface area contributed by atoms with Crippen molar-refractivity contribution >= 4 is 51.3 Å². The predicted octanol–water partition coefficient (Wildman–Crippen LogP) is 3.50. The van der Waals surface area contributed by atoms with Crippen LogP contribution in [0.25, 0.3) is 17.0 Å². The van der Waals surface area contributed by atoms with E-state index in [4.69, 9.17) is 0 Å². The molecule has 6 nitrogen and oxygen atoms in total. The van der Waals surface area contributed by atoms with Crippen LogP contribution in [0.15, 0.2) is 64.0 Å². The van der Waals surface area contributed by atoms with Gasteiger partial charge in [-0.05, 0) is 59.4 Å². The highest BCUT2D eigenvalue weighted by atomic mass is 127. The highest BCUT2D eigenvalue weighted by Gasteiger charge is 2.32. The SMILES string of the molecule is CCc1nc2ccc(I)cc2c(=O)n1N1C(=O)/C(=C\c2ccccc2)N=C1C. The molecular formula is C21H17IN4O2. The molecule has 2 heterocycles. The molecule has 0 N–H and O–H groups in total. The number of benzene rings is 2. The van der Waals surface area contributed by atoms with Crippen molar-refractivity contribution in [1.82, 2.24) is 9.66 Å². The first-order chi connectivity index (χ1) is 13.5. The maximum Gasteiger partial charge on any atom is 0.297 e. The summed E-state index contributed by atoms with van der Waals surface area (Å²) in [4.78, 5) is 35.4. The largest absolute Gasteiger partial charge is 0.297 e. The second-order valence-corrected chi connectivity index (χ2v) is 7.62. The fourth-order valence-corrected chi connectivity index (χ4v) is 3.68. The van der Waals surface area contributed by atoms with Gasteiger partial charge in [-0.3, -0.25) is 9.59 Å². The fourth-order valence-electron chi connectivity index (χ4n) is 3.19. The fraction of sp³-hybridized carbons (Fsp3) is 0.143. The molecule has 4 rings (SSSR count). The van der Waals surface area contributed by atoms with Crippen molar-refractivity contribution < 1.29 is 4.79 Å². The summed E-state index contributed by atoms with van der Waals surface area (Å²) in [5, 5.41) is 1.80. The van der Waals surface area contributed by atoms with Gasteiger partial charge in [-0.1, -0.05) is 37.3 Å². The van der Waals surface area contributed by atoms with E-state index in [1.165, 1.54) is 9.69 Å². The molecule has 1 aliphatic rings. The van der Waals surface area contributed by atoms with Gasteiger partial charge in [0.25, 0.3) is 11.5 Å². The van der Waals surface area contributed by atoms with Gasteiger partial charge in [0.1, 0.15) is 17.4 Å². The van der Waals surface area contributed by atoms with Crippen molar-refractivity contribution in [1.29, 1.82) is 0 Å². The zero-order valence-corrected chi connectivity index (χ0v) is 17.5. The molecule has 0 saturated carbocycles. The van der Waals surface area contributed by atoms with Crippen LogP contribution in [0, 0.1) is 3.57 Å². The minimum Gasteiger partial charge on any atom is -0.267 e. The lowest BCUT2D eigenvalue weighted by atomic mass is 10.2. The van der Waals surface area contributed by atoms with Crippen LogP contribution in [0.2, 0.25) is 0 Å². The quantitative estimate of drug-likeness (QED) is 0.422. The summed E-state index contributed by atoms with van der Waals surface area (Å²) in [7, 11) is 0. The molecule has 0 atom stereocenters. The number of aliphatic imine (C=N–C) groups is 1. The molecule has 0 radical (unpaired) electrons. The molecule has 0 unspecified atom stereocenters. The van der Waals surface area contributed by atoms with Gasteiger partial charge >= 0.3 is 0 Å². The average molecular weight is 484 g/mol. The molecule has 1 aliphatic heterocycles. The van der Waals surface area contributed by atoms with Gasteiger partial charge in [0, 0.05) is 9.99 Å². The number of amides is 1. The van der Waals surface area contributed by atoms with Crippen molar-refractivity contribution in [3.05, 3.63) is 79.5 Å². The van der Waals surface area contributed by atoms with Crippen molar-refractivity contribution in [3.8, 4) is 0 Å². The monoisotopic (exact) mass is 484 g/mol. The van der Waals surface area contributed by atoms with Gasteiger partial charge < -0.3 is 0 Å². The standard InChI is InChI=1S/C21H17IN4O2/c1-3-19-24-17-10-9-15(22)12-16(17)20(27)26(19)25-13(2)23-18(21(25)28)11-14-7-5-4-6-8-14/h4-12H,3H2,1-2H3/b18-11+. The summed E-state index contributed by atoms with van der Waals surface area (Å²) in [6.45, 7) is 3.62. The minimum absolute atomic E-state index is 0.274. The van der Waals surface area contributed by atoms with Gasteiger partial charge in [-0.25, -0.2) is 9.98 Å². The van der Waals surface area contributed by atoms with E-state index in [0.717, 1.165) is 9.13 Å². The zero-order chi connectivity index (χ0) is 19.8. The lowest BCUT2D eigenvalue weighted by Crippen LogP contribution is -2.48. The number of rotatable bonds is 3. The Labute approximate surface area is 175 Å². The number of nitrogens with zero attached hydrogens (tertiary/aromatic N) is 4. The van der Waals surface area contributed by atoms with Crippen molar-refractivity contribution in [3.63, 3.8) is 0 Å². The van der Waals surface area contributed by atoms with Crippen molar-refractivity contribution in [2.45, 2.75) is 20.3 Å². The molecule has 0 spiro atoms. The topological polar surface area (TPSA) is 67.6 Å². The first kappa shape index (κ1) is 18.5. The van der Waals surface area contributed by atoms with Gasteiger partial charge in [0.05, 0.1) is 10.9 Å². The zero-order valence-electron chi connectivity index (χ0n) is 15.4. The first-order valence-electron chi connectivity index (χ1n) is 8.87. The number of carbonyl (C=O) groups excluding carboxylic acids is 1. The third-order valence-corrected chi connectivity index (χ3v) is 5.17. The summed E-state index contributed by atoms with van der Waals surface area (Å²) < 4.78 is 2.29. The van der Waals surface area contributed by atoms with Crippen molar-refractivity contribution in [2.75, 3.05) is 5.01 Å². The average Bonchev–Trinajstić information content (AvgIpc) is 2.96. The van der Waals surface area contributed by atoms with Gasteiger partial charge in [-0.15, -0.1) is 0 Å². The number of fused-ring (bicyclic) bond motifs is 1. The normalized spacial score (nSPS) is 15.5. The smallest absolute Gasteiger partial charge is 0.267 e. The predicted molar refractivity (Wildman–Crippen MR) is 119 cm³/mol. The number of aryl methyl sites for hydroxylation is 1. The molecular weight excluding hydrogens is 467 g/mol. The Bertz CT molecular complexity index is 1210. The Kier molecular flexibility index (Phi) is 4.84. The van der Waals surface area contributed by atoms with Gasteiger partial charge in [0.2, 0.25) is 0 Å². The molecule has 28 heavy (non-hydrogen) atoms. The third kappa shape index (κ3) is 3.15. The van der Waals surface area contributed by atoms with E-state index >= 15 is 0 Å². The van der Waals surface area contributed by atoms with Crippen LogP contribution in [-0.4, -0.2) is 21.4 Å². The first-order valence-corrected chi connectivity index (χ1v) is 9.95. The Morgan fingerprint density at radius 1 is 1.11 bits per heavy atom.